The summed E-state index contributed by atoms with van der Waals surface area (Å²) in [5, 5.41) is 9.05. The second-order valence-electron chi connectivity index (χ2n) is 4.13. The van der Waals surface area contributed by atoms with Crippen molar-refractivity contribution in [1.29, 1.82) is 0 Å². The molecule has 1 atom stereocenters. The molecule has 0 saturated heterocycles. The minimum atomic E-state index is -0.318. The van der Waals surface area contributed by atoms with Gasteiger partial charge in [-0.2, -0.15) is 0 Å². The Hall–Kier alpha value is -1.09. The first-order chi connectivity index (χ1) is 7.59. The van der Waals surface area contributed by atoms with E-state index in [9.17, 15) is 4.39 Å². The largest absolute Gasteiger partial charge is 0.491 e. The van der Waals surface area contributed by atoms with Gasteiger partial charge < -0.3 is 9.84 Å². The number of hydrogen-bond donors (Lipinski definition) is 1. The van der Waals surface area contributed by atoms with E-state index in [1.54, 1.807) is 19.1 Å². The number of aryl methyl sites for hydroxylation is 1. The molecule has 16 heavy (non-hydrogen) atoms. The van der Waals surface area contributed by atoms with Crippen molar-refractivity contribution < 1.29 is 14.2 Å². The number of halogens is 1. The van der Waals surface area contributed by atoms with Gasteiger partial charge in [-0.3, -0.25) is 0 Å². The number of ether oxygens (including phenoxy) is 1. The SMILES string of the molecule is Cc1ccc(F)c(OCCCCC(C)O)c1. The molecular formula is C13H19FO2. The average molecular weight is 226 g/mol. The zero-order chi connectivity index (χ0) is 12.0. The summed E-state index contributed by atoms with van der Waals surface area (Å²) in [4.78, 5) is 0. The van der Waals surface area contributed by atoms with Gasteiger partial charge in [0.2, 0.25) is 0 Å². The van der Waals surface area contributed by atoms with Crippen LogP contribution in [0.3, 0.4) is 0 Å². The van der Waals surface area contributed by atoms with Gasteiger partial charge in [0.1, 0.15) is 0 Å². The highest BCUT2D eigenvalue weighted by Crippen LogP contribution is 2.18. The Kier molecular flexibility index (Phi) is 5.26. The fraction of sp³-hybridized carbons (Fsp3) is 0.538. The molecule has 1 unspecified atom stereocenters. The summed E-state index contributed by atoms with van der Waals surface area (Å²) in [5.41, 5.74) is 0.986. The first kappa shape index (κ1) is 13.0. The summed E-state index contributed by atoms with van der Waals surface area (Å²) in [7, 11) is 0. The molecule has 0 aliphatic rings. The lowest BCUT2D eigenvalue weighted by atomic mass is 10.2. The summed E-state index contributed by atoms with van der Waals surface area (Å²) < 4.78 is 18.6. The molecule has 90 valence electrons. The molecule has 0 heterocycles. The van der Waals surface area contributed by atoms with Crippen LogP contribution in [0.5, 0.6) is 5.75 Å². The van der Waals surface area contributed by atoms with Crippen LogP contribution in [0.15, 0.2) is 18.2 Å². The maximum Gasteiger partial charge on any atom is 0.165 e. The second-order valence-corrected chi connectivity index (χ2v) is 4.13. The Morgan fingerprint density at radius 3 is 2.81 bits per heavy atom. The van der Waals surface area contributed by atoms with Gasteiger partial charge in [0.05, 0.1) is 12.7 Å². The number of aliphatic hydroxyl groups is 1. The normalized spacial score (nSPS) is 12.5. The molecule has 1 rings (SSSR count). The van der Waals surface area contributed by atoms with Crippen molar-refractivity contribution in [3.63, 3.8) is 0 Å². The molecule has 0 aliphatic carbocycles. The molecule has 2 nitrogen and oxygen atoms in total. The smallest absolute Gasteiger partial charge is 0.165 e. The maximum atomic E-state index is 13.2. The first-order valence-corrected chi connectivity index (χ1v) is 5.66. The van der Waals surface area contributed by atoms with Gasteiger partial charge in [0.25, 0.3) is 0 Å². The third-order valence-electron chi connectivity index (χ3n) is 2.36. The highest BCUT2D eigenvalue weighted by Gasteiger charge is 2.03. The van der Waals surface area contributed by atoms with E-state index in [2.05, 4.69) is 0 Å². The Bertz CT molecular complexity index is 324. The van der Waals surface area contributed by atoms with Crippen LogP contribution < -0.4 is 4.74 Å². The van der Waals surface area contributed by atoms with E-state index in [0.717, 1.165) is 24.8 Å². The number of hydrogen-bond acceptors (Lipinski definition) is 2. The maximum absolute atomic E-state index is 13.2. The van der Waals surface area contributed by atoms with E-state index in [-0.39, 0.29) is 11.9 Å². The van der Waals surface area contributed by atoms with Crippen molar-refractivity contribution in [2.75, 3.05) is 6.61 Å². The summed E-state index contributed by atoms with van der Waals surface area (Å²) in [6.07, 6.45) is 2.22. The Morgan fingerprint density at radius 1 is 1.38 bits per heavy atom. The molecule has 0 radical (unpaired) electrons. The standard InChI is InChI=1S/C13H19FO2/c1-10-6-7-12(14)13(9-10)16-8-4-3-5-11(2)15/h6-7,9,11,15H,3-5,8H2,1-2H3. The molecule has 0 amide bonds. The number of unbranched alkanes of at least 4 members (excludes halogenated alkanes) is 1. The second kappa shape index (κ2) is 6.48. The van der Waals surface area contributed by atoms with E-state index in [4.69, 9.17) is 9.84 Å². The highest BCUT2D eigenvalue weighted by molar-refractivity contribution is 5.29. The zero-order valence-electron chi connectivity index (χ0n) is 9.87. The Morgan fingerprint density at radius 2 is 2.12 bits per heavy atom. The fourth-order valence-corrected chi connectivity index (χ4v) is 1.45. The van der Waals surface area contributed by atoms with Crippen molar-refractivity contribution in [3.8, 4) is 5.75 Å². The molecule has 3 heteroatoms. The van der Waals surface area contributed by atoms with Gasteiger partial charge in [-0.1, -0.05) is 6.07 Å². The minimum absolute atomic E-state index is 0.268. The minimum Gasteiger partial charge on any atom is -0.491 e. The molecule has 0 fully saturated rings. The monoisotopic (exact) mass is 226 g/mol. The van der Waals surface area contributed by atoms with Gasteiger partial charge in [0.15, 0.2) is 11.6 Å². The molecule has 0 aromatic heterocycles. The molecule has 0 spiro atoms. The van der Waals surface area contributed by atoms with Crippen LogP contribution in [-0.2, 0) is 0 Å². The van der Waals surface area contributed by atoms with Gasteiger partial charge in [-0.25, -0.2) is 4.39 Å². The van der Waals surface area contributed by atoms with E-state index < -0.39 is 0 Å². The molecule has 1 aromatic carbocycles. The summed E-state index contributed by atoms with van der Waals surface area (Å²) in [6, 6.07) is 4.83. The number of benzene rings is 1. The lowest BCUT2D eigenvalue weighted by Crippen LogP contribution is -2.03. The Labute approximate surface area is 96.1 Å². The van der Waals surface area contributed by atoms with Crippen LogP contribution in [0.4, 0.5) is 4.39 Å². The van der Waals surface area contributed by atoms with Crippen LogP contribution in [0.2, 0.25) is 0 Å². The van der Waals surface area contributed by atoms with Crippen molar-refractivity contribution in [2.24, 2.45) is 0 Å². The summed E-state index contributed by atoms with van der Waals surface area (Å²) in [6.45, 7) is 4.16. The number of aliphatic hydroxyl groups excluding tert-OH is 1. The molecular weight excluding hydrogens is 207 g/mol. The topological polar surface area (TPSA) is 29.5 Å². The Balaban J connectivity index is 2.29. The fourth-order valence-electron chi connectivity index (χ4n) is 1.45. The van der Waals surface area contributed by atoms with Gasteiger partial charge >= 0.3 is 0 Å². The van der Waals surface area contributed by atoms with Crippen LogP contribution >= 0.6 is 0 Å². The van der Waals surface area contributed by atoms with E-state index in [0.29, 0.717) is 12.4 Å². The van der Waals surface area contributed by atoms with Gasteiger partial charge in [-0.05, 0) is 50.8 Å². The van der Waals surface area contributed by atoms with Gasteiger partial charge in [0, 0.05) is 0 Å². The molecule has 0 bridgehead atoms. The van der Waals surface area contributed by atoms with E-state index in [1.807, 2.05) is 6.92 Å². The van der Waals surface area contributed by atoms with Crippen LogP contribution in [0.25, 0.3) is 0 Å². The molecule has 0 aliphatic heterocycles. The predicted octanol–water partition coefficient (Wildman–Crippen LogP) is 3.06. The zero-order valence-corrected chi connectivity index (χ0v) is 9.87. The average Bonchev–Trinajstić information content (AvgIpc) is 2.22. The quantitative estimate of drug-likeness (QED) is 0.755. The van der Waals surface area contributed by atoms with Crippen molar-refractivity contribution in [2.45, 2.75) is 39.2 Å². The van der Waals surface area contributed by atoms with Crippen LogP contribution in [0, 0.1) is 12.7 Å². The summed E-state index contributed by atoms with van der Waals surface area (Å²) in [5.74, 6) is -0.00169. The molecule has 1 aromatic rings. The molecule has 0 saturated carbocycles. The lowest BCUT2D eigenvalue weighted by Gasteiger charge is -2.08. The van der Waals surface area contributed by atoms with Gasteiger partial charge in [-0.15, -0.1) is 0 Å². The van der Waals surface area contributed by atoms with Crippen molar-refractivity contribution >= 4 is 0 Å². The number of rotatable bonds is 6. The third-order valence-corrected chi connectivity index (χ3v) is 2.36. The van der Waals surface area contributed by atoms with E-state index >= 15 is 0 Å². The van der Waals surface area contributed by atoms with E-state index in [1.165, 1.54) is 6.07 Å². The molecule has 1 N–H and O–H groups in total. The summed E-state index contributed by atoms with van der Waals surface area (Å²) >= 11 is 0. The predicted molar refractivity (Wildman–Crippen MR) is 62.2 cm³/mol. The lowest BCUT2D eigenvalue weighted by molar-refractivity contribution is 0.176. The first-order valence-electron chi connectivity index (χ1n) is 5.66. The van der Waals surface area contributed by atoms with Crippen LogP contribution in [0.1, 0.15) is 31.7 Å². The van der Waals surface area contributed by atoms with Crippen molar-refractivity contribution in [3.05, 3.63) is 29.6 Å². The highest BCUT2D eigenvalue weighted by atomic mass is 19.1. The van der Waals surface area contributed by atoms with Crippen LogP contribution in [-0.4, -0.2) is 17.8 Å². The van der Waals surface area contributed by atoms with Crippen molar-refractivity contribution in [1.82, 2.24) is 0 Å². The third kappa shape index (κ3) is 4.62.